The molecule has 0 radical (unpaired) electrons. The lowest BCUT2D eigenvalue weighted by Gasteiger charge is -2.17. The molecule has 1 heterocycles. The molecule has 0 aliphatic carbocycles. The van der Waals surface area contributed by atoms with Crippen molar-refractivity contribution in [2.24, 2.45) is 0 Å². The summed E-state index contributed by atoms with van der Waals surface area (Å²) in [6, 6.07) is 5.06. The largest absolute Gasteiger partial charge is 0.494 e. The van der Waals surface area contributed by atoms with Crippen LogP contribution in [-0.2, 0) is 0 Å². The Morgan fingerprint density at radius 1 is 1.38 bits per heavy atom. The van der Waals surface area contributed by atoms with E-state index in [1.54, 1.807) is 6.92 Å². The normalized spacial score (nSPS) is 12.3. The molecule has 1 aromatic heterocycles. The van der Waals surface area contributed by atoms with Crippen LogP contribution in [0.15, 0.2) is 33.9 Å². The third-order valence-corrected chi connectivity index (χ3v) is 3.38. The number of H-pyrrole nitrogens is 1. The maximum atomic E-state index is 13.3. The number of nitrogens with zero attached hydrogens (tertiary/aromatic N) is 1. The highest BCUT2D eigenvalue weighted by Gasteiger charge is 2.19. The first-order chi connectivity index (χ1) is 9.95. The molecule has 0 saturated carbocycles. The molecule has 112 valence electrons. The van der Waals surface area contributed by atoms with Gasteiger partial charge in [-0.25, -0.2) is 9.18 Å². The van der Waals surface area contributed by atoms with Crippen molar-refractivity contribution >= 4 is 0 Å². The number of hydrogen-bond donors (Lipinski definition) is 2. The van der Waals surface area contributed by atoms with Crippen LogP contribution >= 0.6 is 0 Å². The Morgan fingerprint density at radius 2 is 2.10 bits per heavy atom. The number of aromatic amines is 1. The van der Waals surface area contributed by atoms with E-state index in [0.29, 0.717) is 6.42 Å². The highest BCUT2D eigenvalue weighted by Crippen LogP contribution is 2.27. The Bertz CT molecular complexity index is 764. The van der Waals surface area contributed by atoms with Crippen LogP contribution in [-0.4, -0.2) is 14.7 Å². The number of rotatable bonds is 4. The minimum atomic E-state index is -0.733. The van der Waals surface area contributed by atoms with Crippen LogP contribution in [0.1, 0.15) is 32.7 Å². The Balaban J connectivity index is 2.70. The van der Waals surface area contributed by atoms with Crippen molar-refractivity contribution in [3.05, 3.63) is 50.9 Å². The molecule has 0 fully saturated rings. The standard InChI is InChI=1S/C15H17FN2O3/c1-3-5-9(2)18-14(20)12(13(19)17-15(18)21)10-6-4-7-11(16)8-10/h4,6-9,20H,3,5H2,1-2H3,(H,17,19,21). The van der Waals surface area contributed by atoms with Crippen LogP contribution < -0.4 is 11.2 Å². The highest BCUT2D eigenvalue weighted by atomic mass is 19.1. The van der Waals surface area contributed by atoms with Gasteiger partial charge in [-0.1, -0.05) is 25.5 Å². The van der Waals surface area contributed by atoms with Gasteiger partial charge in [-0.15, -0.1) is 0 Å². The zero-order chi connectivity index (χ0) is 15.6. The first kappa shape index (κ1) is 15.0. The van der Waals surface area contributed by atoms with E-state index >= 15 is 0 Å². The molecule has 0 aliphatic heterocycles. The molecule has 6 heteroatoms. The summed E-state index contributed by atoms with van der Waals surface area (Å²) in [6.07, 6.45) is 1.49. The van der Waals surface area contributed by atoms with Gasteiger partial charge in [0.2, 0.25) is 5.88 Å². The summed E-state index contributed by atoms with van der Waals surface area (Å²) < 4.78 is 14.4. The summed E-state index contributed by atoms with van der Waals surface area (Å²) in [5.74, 6) is -0.957. The van der Waals surface area contributed by atoms with Gasteiger partial charge in [0.25, 0.3) is 5.56 Å². The molecule has 21 heavy (non-hydrogen) atoms. The molecule has 1 unspecified atom stereocenters. The summed E-state index contributed by atoms with van der Waals surface area (Å²) in [6.45, 7) is 3.73. The lowest BCUT2D eigenvalue weighted by atomic mass is 10.1. The van der Waals surface area contributed by atoms with Gasteiger partial charge in [-0.3, -0.25) is 14.3 Å². The highest BCUT2D eigenvalue weighted by molar-refractivity contribution is 5.67. The second-order valence-electron chi connectivity index (χ2n) is 4.98. The molecule has 0 bridgehead atoms. The zero-order valence-electron chi connectivity index (χ0n) is 11.9. The van der Waals surface area contributed by atoms with Gasteiger partial charge >= 0.3 is 5.69 Å². The fraction of sp³-hybridized carbons (Fsp3) is 0.333. The summed E-state index contributed by atoms with van der Waals surface area (Å²) >= 11 is 0. The van der Waals surface area contributed by atoms with E-state index in [4.69, 9.17) is 0 Å². The smallest absolute Gasteiger partial charge is 0.331 e. The summed E-state index contributed by atoms with van der Waals surface area (Å²) in [4.78, 5) is 26.0. The fourth-order valence-electron chi connectivity index (χ4n) is 2.40. The lowest BCUT2D eigenvalue weighted by molar-refractivity contribution is 0.363. The Morgan fingerprint density at radius 3 is 2.71 bits per heavy atom. The van der Waals surface area contributed by atoms with Gasteiger partial charge in [0, 0.05) is 6.04 Å². The predicted octanol–water partition coefficient (Wildman–Crippen LogP) is 2.41. The van der Waals surface area contributed by atoms with Crippen molar-refractivity contribution in [3.63, 3.8) is 0 Å². The van der Waals surface area contributed by atoms with Crippen molar-refractivity contribution in [1.82, 2.24) is 9.55 Å². The molecule has 0 spiro atoms. The molecular formula is C15H17FN2O3. The lowest BCUT2D eigenvalue weighted by Crippen LogP contribution is -2.32. The topological polar surface area (TPSA) is 75.1 Å². The summed E-state index contributed by atoms with van der Waals surface area (Å²) in [5, 5.41) is 10.3. The Hall–Kier alpha value is -2.37. The fourth-order valence-corrected chi connectivity index (χ4v) is 2.40. The van der Waals surface area contributed by atoms with Crippen molar-refractivity contribution < 1.29 is 9.50 Å². The SMILES string of the molecule is CCCC(C)n1c(O)c(-c2cccc(F)c2)c(=O)[nH]c1=O. The maximum Gasteiger partial charge on any atom is 0.331 e. The average Bonchev–Trinajstić information content (AvgIpc) is 2.38. The van der Waals surface area contributed by atoms with Crippen LogP contribution in [0.2, 0.25) is 0 Å². The number of benzene rings is 1. The molecule has 1 atom stereocenters. The van der Waals surface area contributed by atoms with Crippen LogP contribution in [0.5, 0.6) is 5.88 Å². The van der Waals surface area contributed by atoms with Gasteiger partial charge in [-0.05, 0) is 31.0 Å². The van der Waals surface area contributed by atoms with E-state index in [9.17, 15) is 19.1 Å². The third-order valence-electron chi connectivity index (χ3n) is 3.38. The van der Waals surface area contributed by atoms with Crippen molar-refractivity contribution in [1.29, 1.82) is 0 Å². The Labute approximate surface area is 120 Å². The second kappa shape index (κ2) is 5.95. The molecule has 2 aromatic rings. The quantitative estimate of drug-likeness (QED) is 0.908. The van der Waals surface area contributed by atoms with Gasteiger partial charge in [0.05, 0.1) is 0 Å². The number of halogens is 1. The first-order valence-electron chi connectivity index (χ1n) is 6.79. The van der Waals surface area contributed by atoms with Crippen LogP contribution in [0.25, 0.3) is 11.1 Å². The van der Waals surface area contributed by atoms with Gasteiger partial charge < -0.3 is 5.11 Å². The van der Waals surface area contributed by atoms with Crippen LogP contribution in [0, 0.1) is 5.82 Å². The monoisotopic (exact) mass is 292 g/mol. The average molecular weight is 292 g/mol. The summed E-state index contributed by atoms with van der Waals surface area (Å²) in [5.41, 5.74) is -1.27. The molecule has 1 aromatic carbocycles. The number of aromatic hydroxyl groups is 1. The van der Waals surface area contributed by atoms with E-state index < -0.39 is 22.9 Å². The van der Waals surface area contributed by atoms with Crippen LogP contribution in [0.4, 0.5) is 4.39 Å². The van der Waals surface area contributed by atoms with E-state index in [0.717, 1.165) is 17.1 Å². The maximum absolute atomic E-state index is 13.3. The summed E-state index contributed by atoms with van der Waals surface area (Å²) in [7, 11) is 0. The molecule has 0 aliphatic rings. The first-order valence-corrected chi connectivity index (χ1v) is 6.79. The molecule has 5 nitrogen and oxygen atoms in total. The molecule has 0 saturated heterocycles. The predicted molar refractivity (Wildman–Crippen MR) is 78.0 cm³/mol. The number of aromatic nitrogens is 2. The third kappa shape index (κ3) is 2.89. The molecule has 2 rings (SSSR count). The molecule has 0 amide bonds. The van der Waals surface area contributed by atoms with Crippen molar-refractivity contribution in [2.75, 3.05) is 0 Å². The molecule has 2 N–H and O–H groups in total. The van der Waals surface area contributed by atoms with E-state index in [-0.39, 0.29) is 17.2 Å². The van der Waals surface area contributed by atoms with E-state index in [1.165, 1.54) is 18.2 Å². The molecular weight excluding hydrogens is 275 g/mol. The minimum Gasteiger partial charge on any atom is -0.494 e. The van der Waals surface area contributed by atoms with Gasteiger partial charge in [0.15, 0.2) is 0 Å². The number of hydrogen-bond acceptors (Lipinski definition) is 3. The van der Waals surface area contributed by atoms with Crippen molar-refractivity contribution in [2.45, 2.75) is 32.7 Å². The Kier molecular flexibility index (Phi) is 4.26. The van der Waals surface area contributed by atoms with Crippen LogP contribution in [0.3, 0.4) is 0 Å². The second-order valence-corrected chi connectivity index (χ2v) is 4.98. The van der Waals surface area contributed by atoms with Gasteiger partial charge in [0.1, 0.15) is 11.4 Å². The zero-order valence-corrected chi connectivity index (χ0v) is 11.9. The van der Waals surface area contributed by atoms with E-state index in [1.807, 2.05) is 6.92 Å². The minimum absolute atomic E-state index is 0.1000. The van der Waals surface area contributed by atoms with E-state index in [2.05, 4.69) is 4.98 Å². The van der Waals surface area contributed by atoms with Crippen molar-refractivity contribution in [3.8, 4) is 17.0 Å². The van der Waals surface area contributed by atoms with Gasteiger partial charge in [-0.2, -0.15) is 0 Å². The number of nitrogens with one attached hydrogen (secondary N) is 1.